The van der Waals surface area contributed by atoms with E-state index in [4.69, 9.17) is 5.26 Å². The molecule has 1 heterocycles. The summed E-state index contributed by atoms with van der Waals surface area (Å²) < 4.78 is 1.36. The van der Waals surface area contributed by atoms with Crippen molar-refractivity contribution in [1.29, 1.82) is 5.26 Å². The molecular formula is C17H21N5O. The van der Waals surface area contributed by atoms with E-state index in [2.05, 4.69) is 43.1 Å². The van der Waals surface area contributed by atoms with Crippen molar-refractivity contribution in [3.63, 3.8) is 0 Å². The Hall–Kier alpha value is -2.68. The zero-order chi connectivity index (χ0) is 17.0. The third kappa shape index (κ3) is 3.95. The number of carbonyl (C=O) groups excluding carboxylic acids is 1. The van der Waals surface area contributed by atoms with Crippen molar-refractivity contribution < 1.29 is 4.79 Å². The Labute approximate surface area is 136 Å². The first kappa shape index (κ1) is 16.7. The fourth-order valence-electron chi connectivity index (χ4n) is 2.44. The molecule has 0 saturated carbocycles. The molecule has 1 N–H and O–H groups in total. The van der Waals surface area contributed by atoms with Crippen LogP contribution < -0.4 is 5.32 Å². The molecule has 0 radical (unpaired) electrons. The van der Waals surface area contributed by atoms with Crippen LogP contribution in [-0.4, -0.2) is 20.7 Å². The SMILES string of the molecule is CC(C)c1cccc(C(C)C)c1NC(=O)Cn1cnc(C#N)n1. The molecule has 2 aromatic rings. The van der Waals surface area contributed by atoms with Gasteiger partial charge in [0, 0.05) is 5.69 Å². The zero-order valence-electron chi connectivity index (χ0n) is 13.9. The lowest BCUT2D eigenvalue weighted by Crippen LogP contribution is -2.21. The van der Waals surface area contributed by atoms with E-state index in [0.717, 1.165) is 16.8 Å². The second-order valence-corrected chi connectivity index (χ2v) is 6.05. The molecule has 0 atom stereocenters. The van der Waals surface area contributed by atoms with E-state index in [9.17, 15) is 4.79 Å². The number of rotatable bonds is 5. The predicted octanol–water partition coefficient (Wildman–Crippen LogP) is 3.04. The first-order valence-electron chi connectivity index (χ1n) is 7.64. The lowest BCUT2D eigenvalue weighted by Gasteiger charge is -2.20. The minimum absolute atomic E-state index is 0.0264. The molecule has 1 amide bonds. The van der Waals surface area contributed by atoms with E-state index in [0.29, 0.717) is 11.8 Å². The van der Waals surface area contributed by atoms with Gasteiger partial charge in [-0.15, -0.1) is 5.10 Å². The number of carbonyl (C=O) groups is 1. The average Bonchev–Trinajstić information content (AvgIpc) is 2.94. The third-order valence-corrected chi connectivity index (χ3v) is 3.58. The van der Waals surface area contributed by atoms with E-state index in [-0.39, 0.29) is 18.3 Å². The maximum atomic E-state index is 12.3. The molecule has 0 aliphatic heterocycles. The van der Waals surface area contributed by atoms with Crippen molar-refractivity contribution in [2.45, 2.75) is 46.1 Å². The molecule has 1 aromatic heterocycles. The molecule has 1 aromatic carbocycles. The largest absolute Gasteiger partial charge is 0.324 e. The van der Waals surface area contributed by atoms with Crippen LogP contribution in [0.25, 0.3) is 0 Å². The van der Waals surface area contributed by atoms with Gasteiger partial charge in [0.1, 0.15) is 18.9 Å². The van der Waals surface area contributed by atoms with Gasteiger partial charge < -0.3 is 5.32 Å². The van der Waals surface area contributed by atoms with Crippen molar-refractivity contribution >= 4 is 11.6 Å². The summed E-state index contributed by atoms with van der Waals surface area (Å²) in [6, 6.07) is 7.94. The molecule has 23 heavy (non-hydrogen) atoms. The number of anilines is 1. The highest BCUT2D eigenvalue weighted by Gasteiger charge is 2.16. The molecule has 6 heteroatoms. The number of amides is 1. The highest BCUT2D eigenvalue weighted by atomic mass is 16.2. The van der Waals surface area contributed by atoms with Crippen molar-refractivity contribution in [1.82, 2.24) is 14.8 Å². The summed E-state index contributed by atoms with van der Waals surface area (Å²) in [5, 5.41) is 15.6. The fourth-order valence-corrected chi connectivity index (χ4v) is 2.44. The number of benzene rings is 1. The molecule has 0 saturated heterocycles. The van der Waals surface area contributed by atoms with Gasteiger partial charge in [0.25, 0.3) is 5.82 Å². The molecule has 0 spiro atoms. The molecule has 6 nitrogen and oxygen atoms in total. The minimum Gasteiger partial charge on any atom is -0.324 e. The number of aromatic nitrogens is 3. The standard InChI is InChI=1S/C17H21N5O/c1-11(2)13-6-5-7-14(12(3)4)17(13)20-16(23)9-22-10-19-15(8-18)21-22/h5-7,10-12H,9H2,1-4H3,(H,20,23). The van der Waals surface area contributed by atoms with Crippen LogP contribution in [0.1, 0.15) is 56.5 Å². The van der Waals surface area contributed by atoms with E-state index in [1.165, 1.54) is 11.0 Å². The summed E-state index contributed by atoms with van der Waals surface area (Å²) in [7, 11) is 0. The van der Waals surface area contributed by atoms with Crippen LogP contribution in [0, 0.1) is 11.3 Å². The van der Waals surface area contributed by atoms with Crippen molar-refractivity contribution in [3.05, 3.63) is 41.5 Å². The summed E-state index contributed by atoms with van der Waals surface area (Å²) in [5.74, 6) is 0.485. The number of para-hydroxylation sites is 1. The Morgan fingerprint density at radius 2 is 1.87 bits per heavy atom. The van der Waals surface area contributed by atoms with Gasteiger partial charge in [0.2, 0.25) is 5.91 Å². The Balaban J connectivity index is 2.24. The van der Waals surface area contributed by atoms with Gasteiger partial charge in [-0.25, -0.2) is 9.67 Å². The minimum atomic E-state index is -0.186. The van der Waals surface area contributed by atoms with E-state index in [1.807, 2.05) is 24.3 Å². The molecule has 0 fully saturated rings. The predicted molar refractivity (Wildman–Crippen MR) is 88.0 cm³/mol. The molecular weight excluding hydrogens is 290 g/mol. The first-order chi connectivity index (χ1) is 10.9. The normalized spacial score (nSPS) is 10.8. The zero-order valence-corrected chi connectivity index (χ0v) is 13.9. The number of nitriles is 1. The Bertz CT molecular complexity index is 713. The van der Waals surface area contributed by atoms with Gasteiger partial charge in [-0.3, -0.25) is 4.79 Å². The molecule has 0 unspecified atom stereocenters. The highest BCUT2D eigenvalue weighted by Crippen LogP contribution is 2.32. The third-order valence-electron chi connectivity index (χ3n) is 3.58. The van der Waals surface area contributed by atoms with E-state index >= 15 is 0 Å². The molecule has 120 valence electrons. The van der Waals surface area contributed by atoms with Crippen LogP contribution in [0.3, 0.4) is 0 Å². The number of nitrogens with zero attached hydrogens (tertiary/aromatic N) is 4. The summed E-state index contributed by atoms with van der Waals surface area (Å²) in [6.45, 7) is 8.44. The monoisotopic (exact) mass is 311 g/mol. The molecule has 0 bridgehead atoms. The first-order valence-corrected chi connectivity index (χ1v) is 7.64. The number of hydrogen-bond donors (Lipinski definition) is 1. The molecule has 0 aliphatic carbocycles. The van der Waals surface area contributed by atoms with Crippen molar-refractivity contribution in [3.8, 4) is 6.07 Å². The Kier molecular flexibility index (Phi) is 5.12. The average molecular weight is 311 g/mol. The summed E-state index contributed by atoms with van der Waals surface area (Å²) in [6.07, 6.45) is 1.38. The highest BCUT2D eigenvalue weighted by molar-refractivity contribution is 5.92. The van der Waals surface area contributed by atoms with Crippen molar-refractivity contribution in [2.75, 3.05) is 5.32 Å². The lowest BCUT2D eigenvalue weighted by atomic mass is 9.92. The van der Waals surface area contributed by atoms with Crippen LogP contribution in [0.4, 0.5) is 5.69 Å². The Morgan fingerprint density at radius 1 is 1.26 bits per heavy atom. The maximum Gasteiger partial charge on any atom is 0.252 e. The Morgan fingerprint density at radius 3 is 2.35 bits per heavy atom. The smallest absolute Gasteiger partial charge is 0.252 e. The second kappa shape index (κ2) is 7.05. The van der Waals surface area contributed by atoms with Gasteiger partial charge in [-0.05, 0) is 23.0 Å². The van der Waals surface area contributed by atoms with E-state index < -0.39 is 0 Å². The summed E-state index contributed by atoms with van der Waals surface area (Å²) in [5.41, 5.74) is 3.10. The van der Waals surface area contributed by atoms with Crippen LogP contribution in [0.5, 0.6) is 0 Å². The van der Waals surface area contributed by atoms with Crippen LogP contribution in [-0.2, 0) is 11.3 Å². The van der Waals surface area contributed by atoms with E-state index in [1.54, 1.807) is 0 Å². The summed E-state index contributed by atoms with van der Waals surface area (Å²) in [4.78, 5) is 16.1. The van der Waals surface area contributed by atoms with Gasteiger partial charge in [-0.1, -0.05) is 45.9 Å². The van der Waals surface area contributed by atoms with Crippen LogP contribution in [0.15, 0.2) is 24.5 Å². The lowest BCUT2D eigenvalue weighted by molar-refractivity contribution is -0.116. The van der Waals surface area contributed by atoms with Gasteiger partial charge in [-0.2, -0.15) is 5.26 Å². The van der Waals surface area contributed by atoms with Gasteiger partial charge in [0.15, 0.2) is 0 Å². The number of hydrogen-bond acceptors (Lipinski definition) is 4. The molecule has 2 rings (SSSR count). The molecule has 0 aliphatic rings. The van der Waals surface area contributed by atoms with Crippen LogP contribution >= 0.6 is 0 Å². The van der Waals surface area contributed by atoms with Gasteiger partial charge in [0.05, 0.1) is 0 Å². The topological polar surface area (TPSA) is 83.6 Å². The maximum absolute atomic E-state index is 12.3. The van der Waals surface area contributed by atoms with Crippen LogP contribution in [0.2, 0.25) is 0 Å². The number of nitrogens with one attached hydrogen (secondary N) is 1. The second-order valence-electron chi connectivity index (χ2n) is 6.05. The quantitative estimate of drug-likeness (QED) is 0.920. The van der Waals surface area contributed by atoms with Gasteiger partial charge >= 0.3 is 0 Å². The summed E-state index contributed by atoms with van der Waals surface area (Å²) >= 11 is 0. The fraction of sp³-hybridized carbons (Fsp3) is 0.412. The van der Waals surface area contributed by atoms with Crippen molar-refractivity contribution in [2.24, 2.45) is 0 Å².